The second-order valence-corrected chi connectivity index (χ2v) is 6.74. The van der Waals surface area contributed by atoms with Crippen molar-refractivity contribution in [1.29, 1.82) is 0 Å². The molecule has 1 aliphatic rings. The predicted molar refractivity (Wildman–Crippen MR) is 85.5 cm³/mol. The Morgan fingerprint density at radius 2 is 1.30 bits per heavy atom. The van der Waals surface area contributed by atoms with Crippen LogP contribution < -0.4 is 0 Å². The number of hydrogen-bond acceptors (Lipinski definition) is 2. The summed E-state index contributed by atoms with van der Waals surface area (Å²) in [5.74, 6) is 0. The Hall–Kier alpha value is -0.120. The van der Waals surface area contributed by atoms with Crippen molar-refractivity contribution in [2.45, 2.75) is 90.3 Å². The molecular weight excluding hydrogens is 250 g/mol. The van der Waals surface area contributed by atoms with Crippen molar-refractivity contribution in [3.8, 4) is 0 Å². The first kappa shape index (κ1) is 17.9. The Morgan fingerprint density at radius 1 is 0.850 bits per heavy atom. The van der Waals surface area contributed by atoms with Crippen LogP contribution in [0.4, 0.5) is 0 Å². The van der Waals surface area contributed by atoms with Gasteiger partial charge < -0.3 is 14.6 Å². The van der Waals surface area contributed by atoms with Gasteiger partial charge in [0.05, 0.1) is 7.05 Å². The van der Waals surface area contributed by atoms with E-state index in [-0.39, 0.29) is 16.9 Å². The Morgan fingerprint density at radius 3 is 1.70 bits per heavy atom. The molecule has 1 fully saturated rings. The molecular formula is C17H35NO2. The van der Waals surface area contributed by atoms with Gasteiger partial charge in [-0.25, -0.2) is 0 Å². The molecule has 0 radical (unpaired) electrons. The van der Waals surface area contributed by atoms with Crippen LogP contribution in [0, 0.1) is 5.21 Å². The zero-order valence-electron chi connectivity index (χ0n) is 13.9. The van der Waals surface area contributed by atoms with E-state index in [1.54, 1.807) is 0 Å². The molecule has 1 rings (SSSR count). The topological polar surface area (TPSA) is 32.3 Å². The summed E-state index contributed by atoms with van der Waals surface area (Å²) >= 11 is 0. The molecule has 0 aromatic carbocycles. The highest BCUT2D eigenvalue weighted by Gasteiger charge is 2.31. The highest BCUT2D eigenvalue weighted by atomic mass is 16.6. The minimum absolute atomic E-state index is 0.100. The van der Waals surface area contributed by atoms with Crippen molar-refractivity contribution in [2.75, 3.05) is 20.1 Å². The number of hydrogen-bond donors (Lipinski definition) is 0. The molecule has 0 N–H and O–H groups in total. The molecule has 0 saturated carbocycles. The second-order valence-electron chi connectivity index (χ2n) is 6.74. The molecule has 0 bridgehead atoms. The third-order valence-electron chi connectivity index (χ3n) is 4.32. The highest BCUT2D eigenvalue weighted by Crippen LogP contribution is 2.23. The lowest BCUT2D eigenvalue weighted by Crippen LogP contribution is -2.55. The largest absolute Gasteiger partial charge is 0.633 e. The maximum atomic E-state index is 12.4. The van der Waals surface area contributed by atoms with Gasteiger partial charge in [-0.15, -0.1) is 0 Å². The van der Waals surface area contributed by atoms with Crippen LogP contribution in [0.3, 0.4) is 0 Å². The first-order chi connectivity index (χ1) is 9.57. The molecule has 3 nitrogen and oxygen atoms in total. The van der Waals surface area contributed by atoms with Crippen molar-refractivity contribution < 1.29 is 9.38 Å². The van der Waals surface area contributed by atoms with Gasteiger partial charge in [-0.2, -0.15) is 0 Å². The van der Waals surface area contributed by atoms with Gasteiger partial charge in [0.25, 0.3) is 0 Å². The molecule has 0 aliphatic carbocycles. The van der Waals surface area contributed by atoms with E-state index in [4.69, 9.17) is 4.74 Å². The molecule has 120 valence electrons. The van der Waals surface area contributed by atoms with Crippen LogP contribution in [-0.2, 0) is 4.74 Å². The fourth-order valence-corrected chi connectivity index (χ4v) is 3.21. The molecule has 2 atom stereocenters. The van der Waals surface area contributed by atoms with Crippen molar-refractivity contribution >= 4 is 0 Å². The van der Waals surface area contributed by atoms with Gasteiger partial charge in [0.15, 0.2) is 0 Å². The Balaban J connectivity index is 2.28. The standard InChI is InChI=1S/C17H35NO2/c1-4-6-8-10-12-16-14-18(3,19)15-17(20-16)13-11-9-7-5-2/h16-17H,4-15H2,1-3H3. The SMILES string of the molecule is CCCCCCC1C[N+](C)([O-])CC(CCCCCC)O1. The molecule has 0 aromatic heterocycles. The molecule has 1 saturated heterocycles. The molecule has 0 aromatic rings. The third kappa shape index (κ3) is 7.61. The smallest absolute Gasteiger partial charge is 0.107 e. The van der Waals surface area contributed by atoms with Crippen LogP contribution in [0.5, 0.6) is 0 Å². The van der Waals surface area contributed by atoms with Crippen LogP contribution >= 0.6 is 0 Å². The molecule has 2 unspecified atom stereocenters. The fraction of sp³-hybridized carbons (Fsp3) is 1.00. The summed E-state index contributed by atoms with van der Waals surface area (Å²) in [5, 5.41) is 12.4. The average molecular weight is 285 g/mol. The van der Waals surface area contributed by atoms with E-state index < -0.39 is 0 Å². The Kier molecular flexibility index (Phi) is 8.74. The number of nitrogens with zero attached hydrogens (tertiary/aromatic N) is 1. The molecule has 20 heavy (non-hydrogen) atoms. The lowest BCUT2D eigenvalue weighted by molar-refractivity contribution is -0.877. The molecule has 0 spiro atoms. The number of quaternary nitrogens is 1. The van der Waals surface area contributed by atoms with Gasteiger partial charge in [-0.05, 0) is 12.8 Å². The maximum absolute atomic E-state index is 12.4. The predicted octanol–water partition coefficient (Wildman–Crippen LogP) is 4.64. The number of ether oxygens (including phenoxy) is 1. The van der Waals surface area contributed by atoms with E-state index in [1.807, 2.05) is 7.05 Å². The van der Waals surface area contributed by atoms with E-state index in [1.165, 1.54) is 51.4 Å². The average Bonchev–Trinajstić information content (AvgIpc) is 2.38. The first-order valence-corrected chi connectivity index (χ1v) is 8.78. The van der Waals surface area contributed by atoms with Crippen LogP contribution in [0.1, 0.15) is 78.1 Å². The fourth-order valence-electron chi connectivity index (χ4n) is 3.21. The Labute approximate surface area is 125 Å². The molecule has 1 heterocycles. The minimum atomic E-state index is -0.100. The minimum Gasteiger partial charge on any atom is -0.633 e. The Bertz CT molecular complexity index is 221. The zero-order chi connectivity index (χ0) is 14.8. The van der Waals surface area contributed by atoms with Crippen molar-refractivity contribution in [3.63, 3.8) is 0 Å². The molecule has 1 aliphatic heterocycles. The van der Waals surface area contributed by atoms with Gasteiger partial charge in [0.2, 0.25) is 0 Å². The highest BCUT2D eigenvalue weighted by molar-refractivity contribution is 4.70. The monoisotopic (exact) mass is 285 g/mol. The van der Waals surface area contributed by atoms with Crippen molar-refractivity contribution in [1.82, 2.24) is 0 Å². The third-order valence-corrected chi connectivity index (χ3v) is 4.32. The maximum Gasteiger partial charge on any atom is 0.107 e. The van der Waals surface area contributed by atoms with Gasteiger partial charge >= 0.3 is 0 Å². The van der Waals surface area contributed by atoms with Gasteiger partial charge in [-0.3, -0.25) is 0 Å². The second kappa shape index (κ2) is 9.75. The van der Waals surface area contributed by atoms with Crippen LogP contribution in [0.25, 0.3) is 0 Å². The summed E-state index contributed by atoms with van der Waals surface area (Å²) in [6, 6.07) is 0. The summed E-state index contributed by atoms with van der Waals surface area (Å²) < 4.78 is 6.07. The quantitative estimate of drug-likeness (QED) is 0.333. The van der Waals surface area contributed by atoms with E-state index in [0.29, 0.717) is 13.1 Å². The summed E-state index contributed by atoms with van der Waals surface area (Å²) in [6.45, 7) is 5.76. The summed E-state index contributed by atoms with van der Waals surface area (Å²) in [6.07, 6.45) is 12.6. The lowest BCUT2D eigenvalue weighted by Gasteiger charge is -2.48. The zero-order valence-corrected chi connectivity index (χ0v) is 13.9. The van der Waals surface area contributed by atoms with E-state index in [0.717, 1.165) is 12.8 Å². The van der Waals surface area contributed by atoms with Gasteiger partial charge in [-0.1, -0.05) is 65.2 Å². The van der Waals surface area contributed by atoms with Gasteiger partial charge in [0, 0.05) is 0 Å². The number of hydroxylamine groups is 3. The molecule has 3 heteroatoms. The first-order valence-electron chi connectivity index (χ1n) is 8.78. The van der Waals surface area contributed by atoms with Crippen molar-refractivity contribution in [3.05, 3.63) is 5.21 Å². The lowest BCUT2D eigenvalue weighted by atomic mass is 10.0. The number of likely N-dealkylation sites (N-methyl/N-ethyl adjacent to an activating group) is 1. The van der Waals surface area contributed by atoms with E-state index in [2.05, 4.69) is 13.8 Å². The van der Waals surface area contributed by atoms with Gasteiger partial charge in [0.1, 0.15) is 25.3 Å². The number of rotatable bonds is 10. The molecule has 0 amide bonds. The summed E-state index contributed by atoms with van der Waals surface area (Å²) in [7, 11) is 1.82. The van der Waals surface area contributed by atoms with E-state index in [9.17, 15) is 5.21 Å². The van der Waals surface area contributed by atoms with Crippen LogP contribution in [0.15, 0.2) is 0 Å². The summed E-state index contributed by atoms with van der Waals surface area (Å²) in [5.41, 5.74) is 0. The van der Waals surface area contributed by atoms with Crippen LogP contribution in [-0.4, -0.2) is 37.0 Å². The summed E-state index contributed by atoms with van der Waals surface area (Å²) in [4.78, 5) is 0. The van der Waals surface area contributed by atoms with Crippen molar-refractivity contribution in [2.24, 2.45) is 0 Å². The number of unbranched alkanes of at least 4 members (excludes halogenated alkanes) is 6. The van der Waals surface area contributed by atoms with Crippen LogP contribution in [0.2, 0.25) is 0 Å². The van der Waals surface area contributed by atoms with E-state index >= 15 is 0 Å². The number of morpholine rings is 1. The normalized spacial score (nSPS) is 30.6.